The van der Waals surface area contributed by atoms with Crippen LogP contribution in [0.5, 0.6) is 0 Å². The van der Waals surface area contributed by atoms with Gasteiger partial charge in [-0.25, -0.2) is 4.79 Å². The van der Waals surface area contributed by atoms with Crippen LogP contribution in [0.3, 0.4) is 0 Å². The normalized spacial score (nSPS) is 24.0. The van der Waals surface area contributed by atoms with Crippen LogP contribution in [-0.2, 0) is 10.2 Å². The molecule has 0 aromatic heterocycles. The molecule has 2 heteroatoms. The number of isocyanates is 1. The highest BCUT2D eigenvalue weighted by Crippen LogP contribution is 2.66. The van der Waals surface area contributed by atoms with Crippen LogP contribution in [0.25, 0.3) is 0 Å². The van der Waals surface area contributed by atoms with E-state index in [0.717, 1.165) is 12.8 Å². The lowest BCUT2D eigenvalue weighted by atomic mass is 9.86. The van der Waals surface area contributed by atoms with Crippen molar-refractivity contribution in [3.05, 3.63) is 35.9 Å². The molecule has 0 unspecified atom stereocenters. The fourth-order valence-electron chi connectivity index (χ4n) is 2.81. The predicted octanol–water partition coefficient (Wildman–Crippen LogP) is 2.59. The predicted molar refractivity (Wildman–Crippen MR) is 57.4 cm³/mol. The lowest BCUT2D eigenvalue weighted by Crippen LogP contribution is -2.26. The Morgan fingerprint density at radius 3 is 2.20 bits per heavy atom. The van der Waals surface area contributed by atoms with E-state index in [0.29, 0.717) is 0 Å². The third kappa shape index (κ3) is 1.12. The summed E-state index contributed by atoms with van der Waals surface area (Å²) >= 11 is 0. The van der Waals surface area contributed by atoms with Crippen molar-refractivity contribution < 1.29 is 4.79 Å². The van der Waals surface area contributed by atoms with Crippen molar-refractivity contribution in [3.8, 4) is 0 Å². The summed E-state index contributed by atoms with van der Waals surface area (Å²) in [6.45, 7) is 0. The lowest BCUT2D eigenvalue weighted by molar-refractivity contribution is 0.493. The van der Waals surface area contributed by atoms with E-state index in [1.807, 2.05) is 6.07 Å². The van der Waals surface area contributed by atoms with E-state index in [-0.39, 0.29) is 11.0 Å². The molecule has 2 aliphatic rings. The molecule has 0 radical (unpaired) electrons. The number of carbonyl (C=O) groups excluding carboxylic acids is 1. The molecule has 1 aromatic carbocycles. The Bertz CT molecular complexity index is 423. The molecular weight excluding hydrogens is 186 g/mol. The summed E-state index contributed by atoms with van der Waals surface area (Å²) in [5.41, 5.74) is 1.43. The molecule has 1 aromatic rings. The lowest BCUT2D eigenvalue weighted by Gasteiger charge is -2.22. The summed E-state index contributed by atoms with van der Waals surface area (Å²) in [4.78, 5) is 14.5. The molecule has 0 heterocycles. The second-order valence-corrected chi connectivity index (χ2v) is 4.68. The minimum Gasteiger partial charge on any atom is -0.211 e. The maximum atomic E-state index is 10.5. The van der Waals surface area contributed by atoms with Crippen molar-refractivity contribution >= 4 is 6.08 Å². The first-order valence-corrected chi connectivity index (χ1v) is 5.48. The maximum absolute atomic E-state index is 10.5. The Morgan fingerprint density at radius 2 is 1.73 bits per heavy atom. The number of hydrogen-bond donors (Lipinski definition) is 0. The Morgan fingerprint density at radius 1 is 1.07 bits per heavy atom. The van der Waals surface area contributed by atoms with Gasteiger partial charge in [-0.2, -0.15) is 4.99 Å². The van der Waals surface area contributed by atoms with Gasteiger partial charge < -0.3 is 0 Å². The second kappa shape index (κ2) is 2.80. The Balaban J connectivity index is 2.02. The largest absolute Gasteiger partial charge is 0.235 e. The van der Waals surface area contributed by atoms with E-state index in [1.165, 1.54) is 18.4 Å². The van der Waals surface area contributed by atoms with Gasteiger partial charge >= 0.3 is 0 Å². The second-order valence-electron chi connectivity index (χ2n) is 4.68. The first-order valence-electron chi connectivity index (χ1n) is 5.48. The van der Waals surface area contributed by atoms with Gasteiger partial charge in [0.2, 0.25) is 6.08 Å². The summed E-state index contributed by atoms with van der Waals surface area (Å²) in [6.07, 6.45) is 6.20. The molecule has 0 N–H and O–H groups in total. The first kappa shape index (κ1) is 8.87. The summed E-state index contributed by atoms with van der Waals surface area (Å²) in [5, 5.41) is 0. The molecule has 0 aliphatic heterocycles. The number of nitrogens with zero attached hydrogens (tertiary/aromatic N) is 1. The minimum atomic E-state index is -0.0872. The van der Waals surface area contributed by atoms with Crippen molar-refractivity contribution in [2.24, 2.45) is 4.99 Å². The van der Waals surface area contributed by atoms with Crippen LogP contribution >= 0.6 is 0 Å². The van der Waals surface area contributed by atoms with E-state index in [4.69, 9.17) is 0 Å². The molecular formula is C13H13NO. The fourth-order valence-corrected chi connectivity index (χ4v) is 2.81. The molecule has 2 fully saturated rings. The monoisotopic (exact) mass is 199 g/mol. The van der Waals surface area contributed by atoms with Crippen LogP contribution < -0.4 is 0 Å². The third-order valence-electron chi connectivity index (χ3n) is 3.95. The maximum Gasteiger partial charge on any atom is 0.235 e. The van der Waals surface area contributed by atoms with Gasteiger partial charge in [-0.15, -0.1) is 0 Å². The van der Waals surface area contributed by atoms with Crippen LogP contribution in [0.4, 0.5) is 0 Å². The van der Waals surface area contributed by atoms with Crippen LogP contribution in [-0.4, -0.2) is 11.6 Å². The topological polar surface area (TPSA) is 29.4 Å². The zero-order chi connectivity index (χ0) is 10.4. The van der Waals surface area contributed by atoms with Crippen molar-refractivity contribution in [2.75, 3.05) is 0 Å². The van der Waals surface area contributed by atoms with E-state index in [1.54, 1.807) is 6.08 Å². The van der Waals surface area contributed by atoms with Crippen LogP contribution in [0, 0.1) is 0 Å². The minimum absolute atomic E-state index is 0.0872. The smallest absolute Gasteiger partial charge is 0.211 e. The summed E-state index contributed by atoms with van der Waals surface area (Å²) in [5.74, 6) is 0. The average molecular weight is 199 g/mol. The third-order valence-corrected chi connectivity index (χ3v) is 3.95. The summed E-state index contributed by atoms with van der Waals surface area (Å²) in [7, 11) is 0. The highest BCUT2D eigenvalue weighted by atomic mass is 16.1. The van der Waals surface area contributed by atoms with Crippen molar-refractivity contribution in [1.29, 1.82) is 0 Å². The Labute approximate surface area is 89.0 Å². The molecule has 0 spiro atoms. The summed E-state index contributed by atoms with van der Waals surface area (Å²) < 4.78 is 0. The fraction of sp³-hybridized carbons (Fsp3) is 0.462. The zero-order valence-corrected chi connectivity index (χ0v) is 8.57. The van der Waals surface area contributed by atoms with Crippen molar-refractivity contribution in [3.63, 3.8) is 0 Å². The van der Waals surface area contributed by atoms with Gasteiger partial charge in [0, 0.05) is 5.41 Å². The van der Waals surface area contributed by atoms with Crippen LogP contribution in [0.2, 0.25) is 0 Å². The molecule has 2 aliphatic carbocycles. The van der Waals surface area contributed by atoms with Crippen molar-refractivity contribution in [1.82, 2.24) is 0 Å². The number of aliphatic imine (C=N–C) groups is 1. The molecule has 0 amide bonds. The standard InChI is InChI=1S/C13H13NO/c15-10-14-13(8-9-13)12(6-7-12)11-4-2-1-3-5-11/h1-5H,6-9H2. The highest BCUT2D eigenvalue weighted by molar-refractivity contribution is 5.46. The molecule has 0 saturated heterocycles. The SMILES string of the molecule is O=C=NC1(C2(c3ccccc3)CC2)CC1. The number of hydrogen-bond acceptors (Lipinski definition) is 2. The Kier molecular flexibility index (Phi) is 1.66. The molecule has 0 bridgehead atoms. The molecule has 76 valence electrons. The van der Waals surface area contributed by atoms with Gasteiger partial charge in [0.1, 0.15) is 0 Å². The number of rotatable bonds is 3. The number of benzene rings is 1. The molecule has 3 rings (SSSR count). The van der Waals surface area contributed by atoms with E-state index >= 15 is 0 Å². The zero-order valence-electron chi connectivity index (χ0n) is 8.57. The van der Waals surface area contributed by atoms with E-state index in [2.05, 4.69) is 29.3 Å². The van der Waals surface area contributed by atoms with Crippen LogP contribution in [0.15, 0.2) is 35.3 Å². The van der Waals surface area contributed by atoms with Gasteiger partial charge in [-0.3, -0.25) is 0 Å². The van der Waals surface area contributed by atoms with Gasteiger partial charge in [-0.1, -0.05) is 30.3 Å². The summed E-state index contributed by atoms with van der Waals surface area (Å²) in [6, 6.07) is 10.5. The highest BCUT2D eigenvalue weighted by Gasteiger charge is 2.66. The van der Waals surface area contributed by atoms with Gasteiger partial charge in [0.25, 0.3) is 0 Å². The molecule has 15 heavy (non-hydrogen) atoms. The van der Waals surface area contributed by atoms with E-state index in [9.17, 15) is 4.79 Å². The quantitative estimate of drug-likeness (QED) is 0.543. The van der Waals surface area contributed by atoms with Gasteiger partial charge in [0.15, 0.2) is 0 Å². The van der Waals surface area contributed by atoms with Crippen LogP contribution in [0.1, 0.15) is 31.2 Å². The molecule has 0 atom stereocenters. The average Bonchev–Trinajstić information content (AvgIpc) is 3.14. The van der Waals surface area contributed by atoms with Gasteiger partial charge in [-0.05, 0) is 31.2 Å². The molecule has 2 nitrogen and oxygen atoms in total. The van der Waals surface area contributed by atoms with E-state index < -0.39 is 0 Å². The Hall–Kier alpha value is -1.40. The van der Waals surface area contributed by atoms with Crippen molar-refractivity contribution in [2.45, 2.75) is 36.6 Å². The first-order chi connectivity index (χ1) is 7.33. The molecule has 2 saturated carbocycles. The van der Waals surface area contributed by atoms with Gasteiger partial charge in [0.05, 0.1) is 5.54 Å².